The minimum absolute atomic E-state index is 0.0158. The number of amides is 1. The molecule has 186 valence electrons. The van der Waals surface area contributed by atoms with Gasteiger partial charge in [0.05, 0.1) is 24.9 Å². The Bertz CT molecular complexity index is 1480. The van der Waals surface area contributed by atoms with E-state index in [1.54, 1.807) is 56.8 Å². The molecule has 12 heteroatoms. The van der Waals surface area contributed by atoms with Crippen molar-refractivity contribution in [2.75, 3.05) is 31.9 Å². The molecule has 1 fully saturated rings. The molecule has 12 nitrogen and oxygen atoms in total. The number of carbonyl (C=O) groups is 1. The van der Waals surface area contributed by atoms with E-state index in [4.69, 9.17) is 14.0 Å². The van der Waals surface area contributed by atoms with Crippen LogP contribution in [0.25, 0.3) is 16.9 Å². The molecule has 1 aliphatic carbocycles. The summed E-state index contributed by atoms with van der Waals surface area (Å²) in [4.78, 5) is 35.0. The second-order valence-corrected chi connectivity index (χ2v) is 8.21. The molecule has 0 bridgehead atoms. The first-order valence-corrected chi connectivity index (χ1v) is 11.3. The van der Waals surface area contributed by atoms with Gasteiger partial charge in [-0.15, -0.1) is 0 Å². The lowest BCUT2D eigenvalue weighted by Crippen LogP contribution is -2.51. The summed E-state index contributed by atoms with van der Waals surface area (Å²) in [5, 5.41) is 13.0. The van der Waals surface area contributed by atoms with Gasteiger partial charge in [0.15, 0.2) is 5.52 Å². The monoisotopic (exact) mass is 491 g/mol. The molecule has 4 heterocycles. The van der Waals surface area contributed by atoms with E-state index in [-0.39, 0.29) is 34.7 Å². The fraction of sp³-hybridized carbons (Fsp3) is 0.292. The van der Waals surface area contributed by atoms with Crippen LogP contribution in [0.4, 0.5) is 17.2 Å². The first kappa shape index (κ1) is 23.3. The van der Waals surface area contributed by atoms with Crippen LogP contribution in [-0.2, 0) is 4.74 Å². The second kappa shape index (κ2) is 9.66. The molecule has 2 atom stereocenters. The standard InChI is InChI=1S/C24H25N7O5/c1-25-15-12-17(26-14-6-5-11-31(24(14)33)18-7-4-8-19(29-18)35-3)28-21-20(15)30-36-22(21)23(32)27-13-9-10-16(13)34-2/h4-8,11-13,16,25H,9-10H2,1-3H3,(H,26,28)(H,27,32)/t13-,16-/m1/s1. The van der Waals surface area contributed by atoms with Crippen molar-refractivity contribution >= 4 is 34.1 Å². The van der Waals surface area contributed by atoms with Crippen molar-refractivity contribution in [3.63, 3.8) is 0 Å². The SMILES string of the molecule is CNc1cc(Nc2cccn(-c3cccc(OC)n3)c2=O)nc2c(C(=O)N[C@@H]3CC[C@H]3OC)onc12. The highest BCUT2D eigenvalue weighted by Crippen LogP contribution is 2.29. The predicted octanol–water partition coefficient (Wildman–Crippen LogP) is 2.47. The highest BCUT2D eigenvalue weighted by Gasteiger charge is 2.34. The maximum atomic E-state index is 13.2. The largest absolute Gasteiger partial charge is 0.481 e. The van der Waals surface area contributed by atoms with E-state index in [0.29, 0.717) is 28.7 Å². The van der Waals surface area contributed by atoms with Gasteiger partial charge in [-0.1, -0.05) is 11.2 Å². The Labute approximate surface area is 205 Å². The Morgan fingerprint density at radius 1 is 1.11 bits per heavy atom. The average Bonchev–Trinajstić information content (AvgIpc) is 3.31. The molecule has 4 aromatic rings. The van der Waals surface area contributed by atoms with Crippen LogP contribution in [0.2, 0.25) is 0 Å². The summed E-state index contributed by atoms with van der Waals surface area (Å²) < 4.78 is 17.3. The van der Waals surface area contributed by atoms with Crippen LogP contribution in [0.1, 0.15) is 23.4 Å². The number of pyridine rings is 3. The number of nitrogens with one attached hydrogen (secondary N) is 3. The van der Waals surface area contributed by atoms with Crippen molar-refractivity contribution < 1.29 is 18.8 Å². The van der Waals surface area contributed by atoms with Crippen molar-refractivity contribution in [1.82, 2.24) is 25.0 Å². The lowest BCUT2D eigenvalue weighted by Gasteiger charge is -2.35. The van der Waals surface area contributed by atoms with Gasteiger partial charge in [0.25, 0.3) is 11.5 Å². The normalized spacial score (nSPS) is 16.9. The van der Waals surface area contributed by atoms with E-state index in [1.165, 1.54) is 11.7 Å². The Morgan fingerprint density at radius 3 is 2.69 bits per heavy atom. The molecular weight excluding hydrogens is 466 g/mol. The molecule has 1 saturated carbocycles. The molecule has 0 saturated heterocycles. The van der Waals surface area contributed by atoms with E-state index in [0.717, 1.165) is 12.8 Å². The van der Waals surface area contributed by atoms with Gasteiger partial charge in [0, 0.05) is 32.5 Å². The van der Waals surface area contributed by atoms with Crippen molar-refractivity contribution in [2.24, 2.45) is 0 Å². The maximum absolute atomic E-state index is 13.2. The molecule has 3 N–H and O–H groups in total. The predicted molar refractivity (Wildman–Crippen MR) is 132 cm³/mol. The molecule has 0 spiro atoms. The van der Waals surface area contributed by atoms with Gasteiger partial charge in [0.2, 0.25) is 11.6 Å². The molecule has 4 aromatic heterocycles. The summed E-state index contributed by atoms with van der Waals surface area (Å²) in [6.07, 6.45) is 3.29. The number of aromatic nitrogens is 4. The summed E-state index contributed by atoms with van der Waals surface area (Å²) in [6.45, 7) is 0. The zero-order chi connectivity index (χ0) is 25.2. The fourth-order valence-electron chi connectivity index (χ4n) is 4.04. The molecule has 36 heavy (non-hydrogen) atoms. The molecule has 0 radical (unpaired) electrons. The third kappa shape index (κ3) is 4.22. The average molecular weight is 492 g/mol. The molecule has 0 unspecified atom stereocenters. The number of fused-ring (bicyclic) bond motifs is 1. The summed E-state index contributed by atoms with van der Waals surface area (Å²) in [7, 11) is 4.84. The van der Waals surface area contributed by atoms with Crippen LogP contribution in [0.5, 0.6) is 5.88 Å². The highest BCUT2D eigenvalue weighted by atomic mass is 16.5. The molecule has 0 aliphatic heterocycles. The zero-order valence-electron chi connectivity index (χ0n) is 19.9. The Kier molecular flexibility index (Phi) is 6.25. The summed E-state index contributed by atoms with van der Waals surface area (Å²) in [6, 6.07) is 10.1. The lowest BCUT2D eigenvalue weighted by atomic mass is 9.89. The summed E-state index contributed by atoms with van der Waals surface area (Å²) in [5.74, 6) is 0.683. The minimum atomic E-state index is -0.429. The van der Waals surface area contributed by atoms with Crippen molar-refractivity contribution in [3.05, 3.63) is 58.7 Å². The molecule has 0 aromatic carbocycles. The third-order valence-electron chi connectivity index (χ3n) is 6.12. The van der Waals surface area contributed by atoms with E-state index in [2.05, 4.69) is 31.1 Å². The Hall–Kier alpha value is -4.45. The van der Waals surface area contributed by atoms with Crippen LogP contribution in [0.3, 0.4) is 0 Å². The number of hydrogen-bond acceptors (Lipinski definition) is 10. The number of methoxy groups -OCH3 is 2. The Balaban J connectivity index is 1.48. The lowest BCUT2D eigenvalue weighted by molar-refractivity contribution is 0.00678. The van der Waals surface area contributed by atoms with Crippen LogP contribution in [-0.4, -0.2) is 59.0 Å². The van der Waals surface area contributed by atoms with Gasteiger partial charge in [-0.3, -0.25) is 14.2 Å². The Morgan fingerprint density at radius 2 is 1.97 bits per heavy atom. The van der Waals surface area contributed by atoms with Crippen molar-refractivity contribution in [2.45, 2.75) is 25.0 Å². The van der Waals surface area contributed by atoms with E-state index >= 15 is 0 Å². The second-order valence-electron chi connectivity index (χ2n) is 8.21. The minimum Gasteiger partial charge on any atom is -0.481 e. The summed E-state index contributed by atoms with van der Waals surface area (Å²) in [5.41, 5.74) is 1.16. The first-order chi connectivity index (χ1) is 17.5. The van der Waals surface area contributed by atoms with Crippen LogP contribution in [0, 0.1) is 0 Å². The molecular formula is C24H25N7O5. The number of rotatable bonds is 8. The molecule has 5 rings (SSSR count). The van der Waals surface area contributed by atoms with Gasteiger partial charge in [-0.05, 0) is 31.0 Å². The van der Waals surface area contributed by atoms with Crippen LogP contribution < -0.4 is 26.2 Å². The third-order valence-corrected chi connectivity index (χ3v) is 6.12. The van der Waals surface area contributed by atoms with Crippen molar-refractivity contribution in [3.8, 4) is 11.7 Å². The van der Waals surface area contributed by atoms with Crippen molar-refractivity contribution in [1.29, 1.82) is 0 Å². The van der Waals surface area contributed by atoms with E-state index < -0.39 is 5.91 Å². The van der Waals surface area contributed by atoms with E-state index in [1.807, 2.05) is 0 Å². The topological polar surface area (TPSA) is 145 Å². The number of ether oxygens (including phenoxy) is 2. The van der Waals surface area contributed by atoms with Gasteiger partial charge in [-0.2, -0.15) is 4.98 Å². The molecule has 1 amide bonds. The van der Waals surface area contributed by atoms with Gasteiger partial charge >= 0.3 is 0 Å². The number of anilines is 3. The van der Waals surface area contributed by atoms with Gasteiger partial charge < -0.3 is 29.9 Å². The first-order valence-electron chi connectivity index (χ1n) is 11.3. The smallest absolute Gasteiger partial charge is 0.292 e. The van der Waals surface area contributed by atoms with Crippen LogP contribution in [0.15, 0.2) is 51.9 Å². The van der Waals surface area contributed by atoms with Gasteiger partial charge in [0.1, 0.15) is 22.8 Å². The zero-order valence-corrected chi connectivity index (χ0v) is 19.9. The van der Waals surface area contributed by atoms with E-state index in [9.17, 15) is 9.59 Å². The number of nitrogens with zero attached hydrogens (tertiary/aromatic N) is 4. The fourth-order valence-corrected chi connectivity index (χ4v) is 4.04. The summed E-state index contributed by atoms with van der Waals surface area (Å²) >= 11 is 0. The number of carbonyl (C=O) groups excluding carboxylic acids is 1. The van der Waals surface area contributed by atoms with Crippen LogP contribution >= 0.6 is 0 Å². The maximum Gasteiger partial charge on any atom is 0.292 e. The quantitative estimate of drug-likeness (QED) is 0.336. The number of hydrogen-bond donors (Lipinski definition) is 3. The van der Waals surface area contributed by atoms with Gasteiger partial charge in [-0.25, -0.2) is 4.98 Å². The molecule has 1 aliphatic rings. The highest BCUT2D eigenvalue weighted by molar-refractivity contribution is 6.05.